The van der Waals surface area contributed by atoms with Crippen molar-refractivity contribution in [1.82, 2.24) is 14.3 Å². The third kappa shape index (κ3) is 4.29. The summed E-state index contributed by atoms with van der Waals surface area (Å²) in [5.74, 6) is 0.391. The number of fused-ring (bicyclic) bond motifs is 1. The number of anilines is 1. The number of allylic oxidation sites excluding steroid dienone is 1. The van der Waals surface area contributed by atoms with Crippen molar-refractivity contribution in [3.05, 3.63) is 109 Å². The lowest BCUT2D eigenvalue weighted by Gasteiger charge is -2.25. The van der Waals surface area contributed by atoms with E-state index in [1.165, 1.54) is 11.3 Å². The number of aryl methyl sites for hydroxylation is 2. The maximum atomic E-state index is 13.7. The highest BCUT2D eigenvalue weighted by molar-refractivity contribution is 7.07. The molecule has 0 unspecified atom stereocenters. The van der Waals surface area contributed by atoms with Crippen molar-refractivity contribution in [2.75, 3.05) is 12.4 Å². The Balaban J connectivity index is 1.67. The van der Waals surface area contributed by atoms with E-state index >= 15 is 0 Å². The van der Waals surface area contributed by atoms with Crippen LogP contribution in [0.25, 0.3) is 6.08 Å². The Morgan fingerprint density at radius 3 is 2.56 bits per heavy atom. The summed E-state index contributed by atoms with van der Waals surface area (Å²) in [6, 6.07) is 14.3. The second kappa shape index (κ2) is 9.43. The Hall–Kier alpha value is -4.24. The average Bonchev–Trinajstić information content (AvgIpc) is 3.41. The Labute approximate surface area is 211 Å². The van der Waals surface area contributed by atoms with Gasteiger partial charge >= 0.3 is 0 Å². The number of carbonyl (C=O) groups excluding carboxylic acids is 1. The topological polar surface area (TPSA) is 90.5 Å². The summed E-state index contributed by atoms with van der Waals surface area (Å²) in [5.41, 5.74) is 4.04. The fourth-order valence-corrected chi connectivity index (χ4v) is 5.33. The number of hydrogen-bond acceptors (Lipinski definition) is 6. The molecule has 2 aromatic carbocycles. The lowest BCUT2D eigenvalue weighted by atomic mass is 9.95. The van der Waals surface area contributed by atoms with Gasteiger partial charge in [-0.05, 0) is 49.2 Å². The molecule has 2 aromatic heterocycles. The first-order valence-corrected chi connectivity index (χ1v) is 12.2. The minimum atomic E-state index is -0.646. The molecule has 0 fully saturated rings. The van der Waals surface area contributed by atoms with Crippen molar-refractivity contribution in [3.8, 4) is 5.75 Å². The fourth-order valence-electron chi connectivity index (χ4n) is 4.28. The Morgan fingerprint density at radius 2 is 1.89 bits per heavy atom. The molecule has 1 aliphatic heterocycles. The molecule has 0 spiro atoms. The molecule has 9 heteroatoms. The van der Waals surface area contributed by atoms with Crippen LogP contribution in [0, 0.1) is 6.92 Å². The van der Waals surface area contributed by atoms with Gasteiger partial charge in [-0.25, -0.2) is 4.99 Å². The highest BCUT2D eigenvalue weighted by atomic mass is 32.1. The zero-order chi connectivity index (χ0) is 25.4. The van der Waals surface area contributed by atoms with Crippen LogP contribution in [0.5, 0.6) is 5.75 Å². The Kier molecular flexibility index (Phi) is 6.15. The molecule has 0 saturated carbocycles. The lowest BCUT2D eigenvalue weighted by molar-refractivity contribution is -0.113. The zero-order valence-corrected chi connectivity index (χ0v) is 21.2. The van der Waals surface area contributed by atoms with Gasteiger partial charge in [0.15, 0.2) is 4.80 Å². The lowest BCUT2D eigenvalue weighted by Crippen LogP contribution is -2.40. The van der Waals surface area contributed by atoms with E-state index in [9.17, 15) is 9.59 Å². The van der Waals surface area contributed by atoms with E-state index in [-0.39, 0.29) is 11.5 Å². The summed E-state index contributed by atoms with van der Waals surface area (Å²) >= 11 is 1.30. The number of thiazole rings is 1. The summed E-state index contributed by atoms with van der Waals surface area (Å²) in [6.07, 6.45) is 5.34. The number of benzene rings is 2. The minimum absolute atomic E-state index is 0.211. The van der Waals surface area contributed by atoms with Crippen LogP contribution in [0.4, 0.5) is 5.69 Å². The van der Waals surface area contributed by atoms with Gasteiger partial charge < -0.3 is 10.1 Å². The molecule has 1 atom stereocenters. The summed E-state index contributed by atoms with van der Waals surface area (Å²) in [7, 11) is 3.42. The third-order valence-electron chi connectivity index (χ3n) is 6.11. The van der Waals surface area contributed by atoms with Crippen LogP contribution in [-0.4, -0.2) is 27.4 Å². The van der Waals surface area contributed by atoms with Gasteiger partial charge in [0, 0.05) is 24.5 Å². The molecule has 0 radical (unpaired) electrons. The number of nitrogens with one attached hydrogen (secondary N) is 1. The molecule has 1 aliphatic rings. The Bertz CT molecular complexity index is 1680. The largest absolute Gasteiger partial charge is 0.497 e. The smallest absolute Gasteiger partial charge is 0.271 e. The SMILES string of the molecule is COc1ccc([C@@H]2C(C(=O)Nc3ccccc3C)=C(C)N=c3sc(=Cc4cnn(C)c4)c(=O)n32)cc1. The Morgan fingerprint density at radius 1 is 1.14 bits per heavy atom. The highest BCUT2D eigenvalue weighted by Crippen LogP contribution is 2.32. The van der Waals surface area contributed by atoms with E-state index in [0.29, 0.717) is 32.0 Å². The van der Waals surface area contributed by atoms with Crippen molar-refractivity contribution in [2.24, 2.45) is 12.0 Å². The third-order valence-corrected chi connectivity index (χ3v) is 7.10. The molecule has 3 heterocycles. The van der Waals surface area contributed by atoms with Crippen molar-refractivity contribution in [1.29, 1.82) is 0 Å². The molecule has 8 nitrogen and oxygen atoms in total. The summed E-state index contributed by atoms with van der Waals surface area (Å²) in [6.45, 7) is 3.74. The average molecular weight is 500 g/mol. The maximum Gasteiger partial charge on any atom is 0.271 e. The molecule has 1 N–H and O–H groups in total. The van der Waals surface area contributed by atoms with Gasteiger partial charge in [0.2, 0.25) is 0 Å². The van der Waals surface area contributed by atoms with E-state index in [0.717, 1.165) is 16.7 Å². The van der Waals surface area contributed by atoms with Crippen LogP contribution in [0.3, 0.4) is 0 Å². The van der Waals surface area contributed by atoms with Crippen LogP contribution in [0.2, 0.25) is 0 Å². The molecular weight excluding hydrogens is 474 g/mol. The van der Waals surface area contributed by atoms with Crippen LogP contribution in [0.1, 0.15) is 29.7 Å². The first-order chi connectivity index (χ1) is 17.4. The standard InChI is InChI=1S/C27H25N5O3S/c1-16-7-5-6-8-21(16)30-25(33)23-17(2)29-27-32(24(23)19-9-11-20(35-4)12-10-19)26(34)22(36-27)13-18-14-28-31(3)15-18/h5-15,24H,1-4H3,(H,30,33)/t24-/m1/s1. The molecule has 5 rings (SSSR count). The van der Waals surface area contributed by atoms with Crippen molar-refractivity contribution >= 4 is 29.0 Å². The number of para-hydroxylation sites is 1. The number of ether oxygens (including phenoxy) is 1. The predicted octanol–water partition coefficient (Wildman–Crippen LogP) is 2.92. The van der Waals surface area contributed by atoms with Gasteiger partial charge in [-0.15, -0.1) is 0 Å². The number of rotatable bonds is 5. The number of aromatic nitrogens is 3. The van der Waals surface area contributed by atoms with Gasteiger partial charge in [0.05, 0.1) is 35.2 Å². The van der Waals surface area contributed by atoms with E-state index in [1.807, 2.05) is 75.6 Å². The maximum absolute atomic E-state index is 13.7. The molecule has 182 valence electrons. The van der Waals surface area contributed by atoms with E-state index < -0.39 is 6.04 Å². The second-order valence-electron chi connectivity index (χ2n) is 8.57. The second-order valence-corrected chi connectivity index (χ2v) is 9.58. The van der Waals surface area contributed by atoms with Crippen LogP contribution in [0.15, 0.2) is 82.0 Å². The number of amides is 1. The number of hydrogen-bond donors (Lipinski definition) is 1. The van der Waals surface area contributed by atoms with Crippen molar-refractivity contribution < 1.29 is 9.53 Å². The van der Waals surface area contributed by atoms with Crippen LogP contribution < -0.4 is 24.9 Å². The summed E-state index contributed by atoms with van der Waals surface area (Å²) < 4.78 is 9.13. The van der Waals surface area contributed by atoms with E-state index in [4.69, 9.17) is 4.74 Å². The number of methoxy groups -OCH3 is 1. The normalized spacial score (nSPS) is 15.4. The first-order valence-electron chi connectivity index (χ1n) is 11.4. The molecule has 1 amide bonds. The van der Waals surface area contributed by atoms with Crippen molar-refractivity contribution in [2.45, 2.75) is 19.9 Å². The molecule has 0 bridgehead atoms. The van der Waals surface area contributed by atoms with Crippen LogP contribution in [-0.2, 0) is 11.8 Å². The summed E-state index contributed by atoms with van der Waals surface area (Å²) in [5, 5.41) is 7.20. The molecule has 0 aliphatic carbocycles. The van der Waals surface area contributed by atoms with E-state index in [2.05, 4.69) is 15.4 Å². The van der Waals surface area contributed by atoms with Crippen LogP contribution >= 0.6 is 11.3 Å². The van der Waals surface area contributed by atoms with E-state index in [1.54, 1.807) is 28.6 Å². The van der Waals surface area contributed by atoms with Gasteiger partial charge in [-0.2, -0.15) is 5.10 Å². The van der Waals surface area contributed by atoms with Gasteiger partial charge in [0.25, 0.3) is 11.5 Å². The summed E-state index contributed by atoms with van der Waals surface area (Å²) in [4.78, 5) is 32.6. The molecule has 0 saturated heterocycles. The molecule has 36 heavy (non-hydrogen) atoms. The first kappa shape index (κ1) is 23.5. The monoisotopic (exact) mass is 499 g/mol. The minimum Gasteiger partial charge on any atom is -0.497 e. The highest BCUT2D eigenvalue weighted by Gasteiger charge is 2.32. The quantitative estimate of drug-likeness (QED) is 0.457. The molecular formula is C27H25N5O3S. The fraction of sp³-hybridized carbons (Fsp3) is 0.185. The molecule has 4 aromatic rings. The van der Waals surface area contributed by atoms with Gasteiger partial charge in [-0.1, -0.05) is 41.7 Å². The van der Waals surface area contributed by atoms with Gasteiger partial charge in [-0.3, -0.25) is 18.8 Å². The van der Waals surface area contributed by atoms with Crippen molar-refractivity contribution in [3.63, 3.8) is 0 Å². The zero-order valence-electron chi connectivity index (χ0n) is 20.4. The van der Waals surface area contributed by atoms with Gasteiger partial charge in [0.1, 0.15) is 5.75 Å². The number of nitrogens with zero attached hydrogens (tertiary/aromatic N) is 4. The number of carbonyl (C=O) groups is 1. The predicted molar refractivity (Wildman–Crippen MR) is 140 cm³/mol.